The maximum absolute atomic E-state index is 15.1. The lowest BCUT2D eigenvalue weighted by atomic mass is 9.50. The maximum Gasteiger partial charge on any atom is 0.443 e. The fourth-order valence-corrected chi connectivity index (χ4v) is 11.9. The number of carbonyl (C=O) groups is 1. The summed E-state index contributed by atoms with van der Waals surface area (Å²) in [5.41, 5.74) is -1.74. The highest BCUT2D eigenvalue weighted by molar-refractivity contribution is 7.89. The van der Waals surface area contributed by atoms with E-state index in [1.807, 2.05) is 0 Å². The number of benzene rings is 1. The van der Waals surface area contributed by atoms with Crippen molar-refractivity contribution in [3.05, 3.63) is 41.5 Å². The third kappa shape index (κ3) is 7.53. The summed E-state index contributed by atoms with van der Waals surface area (Å²) in [5.74, 6) is 2.32. The van der Waals surface area contributed by atoms with Gasteiger partial charge < -0.3 is 9.47 Å². The summed E-state index contributed by atoms with van der Waals surface area (Å²) in [6.45, 7) is 14.4. The minimum Gasteiger partial charge on any atom is -0.463 e. The van der Waals surface area contributed by atoms with Gasteiger partial charge in [-0.1, -0.05) is 83.2 Å². The zero-order valence-corrected chi connectivity index (χ0v) is 31.3. The fourth-order valence-electron chi connectivity index (χ4n) is 10.6. The Balaban J connectivity index is 1.37. The van der Waals surface area contributed by atoms with Crippen LogP contribution in [0.5, 0.6) is 0 Å². The monoisotopic (exact) mass is 709 g/mol. The number of hydrogen-bond donors (Lipinski definition) is 1. The van der Waals surface area contributed by atoms with Gasteiger partial charge in [-0.05, 0) is 124 Å². The molecule has 3 fully saturated rings. The molecule has 0 aliphatic heterocycles. The first kappa shape index (κ1) is 38.3. The van der Waals surface area contributed by atoms with Crippen molar-refractivity contribution < 1.29 is 35.9 Å². The highest BCUT2D eigenvalue weighted by Gasteiger charge is 2.67. The van der Waals surface area contributed by atoms with Crippen LogP contribution in [-0.4, -0.2) is 39.0 Å². The molecule has 0 heterocycles. The van der Waals surface area contributed by atoms with Crippen LogP contribution in [0.25, 0.3) is 0 Å². The first-order valence-electron chi connectivity index (χ1n) is 18.6. The highest BCUT2D eigenvalue weighted by atomic mass is 32.2. The van der Waals surface area contributed by atoms with Gasteiger partial charge in [0.15, 0.2) is 0 Å². The molecule has 5 rings (SSSR count). The second kappa shape index (κ2) is 14.6. The van der Waals surface area contributed by atoms with Crippen LogP contribution in [0, 0.1) is 59.7 Å². The summed E-state index contributed by atoms with van der Waals surface area (Å²) >= 11 is 0. The number of alkyl halides is 3. The quantitative estimate of drug-likeness (QED) is 0.133. The number of carbonyl (C=O) groups excluding carboxylic acids is 1. The van der Waals surface area contributed by atoms with E-state index in [9.17, 15) is 13.2 Å². The van der Waals surface area contributed by atoms with Crippen molar-refractivity contribution in [2.24, 2.45) is 52.8 Å². The largest absolute Gasteiger partial charge is 0.463 e. The van der Waals surface area contributed by atoms with Crippen molar-refractivity contribution in [2.45, 2.75) is 136 Å². The summed E-state index contributed by atoms with van der Waals surface area (Å²) < 4.78 is 84.1. The number of fused-ring (bicyclic) bond motifs is 5. The number of rotatable bonds is 12. The molecule has 1 aromatic rings. The number of esters is 1. The van der Waals surface area contributed by atoms with Crippen molar-refractivity contribution in [1.82, 2.24) is 4.72 Å². The van der Waals surface area contributed by atoms with E-state index >= 15 is 13.2 Å². The minimum absolute atomic E-state index is 0.0103. The number of aryl methyl sites for hydroxylation is 1. The number of allylic oxidation sites excluding steroid dienone is 1. The topological polar surface area (TPSA) is 81.7 Å². The molecular weight excluding hydrogens is 651 g/mol. The molecule has 0 saturated heterocycles. The van der Waals surface area contributed by atoms with E-state index in [-0.39, 0.29) is 31.3 Å². The van der Waals surface area contributed by atoms with Gasteiger partial charge in [-0.2, -0.15) is 17.9 Å². The average Bonchev–Trinajstić information content (AvgIpc) is 3.37. The van der Waals surface area contributed by atoms with Gasteiger partial charge in [0.05, 0.1) is 17.6 Å². The average molecular weight is 710 g/mol. The van der Waals surface area contributed by atoms with Gasteiger partial charge in [0.2, 0.25) is 10.0 Å². The molecule has 10 heteroatoms. The Morgan fingerprint density at radius 1 is 1.06 bits per heavy atom. The Kier molecular flexibility index (Phi) is 11.4. The SMILES string of the molecule is CCOC(=O)C(NS(=O)(=O)c1ccc(C)cc1)(OC1CC2=CCC3C(CCC4(C)C(C(C)CCCC(C)C)CCC34)C2C(C)C1)C(F)(F)F. The van der Waals surface area contributed by atoms with E-state index in [1.165, 1.54) is 69.7 Å². The van der Waals surface area contributed by atoms with Gasteiger partial charge in [0, 0.05) is 0 Å². The van der Waals surface area contributed by atoms with Gasteiger partial charge in [-0.25, -0.2) is 13.2 Å². The molecule has 0 aromatic heterocycles. The summed E-state index contributed by atoms with van der Waals surface area (Å²) in [7, 11) is -4.83. The van der Waals surface area contributed by atoms with Crippen molar-refractivity contribution in [3.8, 4) is 0 Å². The molecule has 1 aromatic carbocycles. The number of halogens is 3. The predicted molar refractivity (Wildman–Crippen MR) is 185 cm³/mol. The first-order chi connectivity index (χ1) is 22.9. The molecule has 0 amide bonds. The van der Waals surface area contributed by atoms with Gasteiger partial charge in [-0.15, -0.1) is 0 Å². The molecule has 1 N–H and O–H groups in total. The van der Waals surface area contributed by atoms with E-state index < -0.39 is 38.9 Å². The Morgan fingerprint density at radius 3 is 2.39 bits per heavy atom. The van der Waals surface area contributed by atoms with Crippen molar-refractivity contribution in [2.75, 3.05) is 6.61 Å². The molecule has 0 radical (unpaired) electrons. The van der Waals surface area contributed by atoms with Crippen LogP contribution < -0.4 is 4.72 Å². The van der Waals surface area contributed by atoms with Crippen molar-refractivity contribution >= 4 is 16.0 Å². The number of hydrogen-bond acceptors (Lipinski definition) is 5. The Morgan fingerprint density at radius 2 is 1.76 bits per heavy atom. The van der Waals surface area contributed by atoms with Crippen molar-refractivity contribution in [3.63, 3.8) is 0 Å². The maximum atomic E-state index is 15.1. The first-order valence-corrected chi connectivity index (χ1v) is 20.1. The zero-order chi connectivity index (χ0) is 35.9. The molecule has 0 bridgehead atoms. The van der Waals surface area contributed by atoms with Crippen LogP contribution in [0.2, 0.25) is 0 Å². The summed E-state index contributed by atoms with van der Waals surface area (Å²) in [6.07, 6.45) is 5.91. The summed E-state index contributed by atoms with van der Waals surface area (Å²) in [4.78, 5) is 12.8. The second-order valence-corrected chi connectivity index (χ2v) is 18.2. The van der Waals surface area contributed by atoms with Gasteiger partial charge >= 0.3 is 17.9 Å². The number of nitrogens with one attached hydrogen (secondary N) is 1. The second-order valence-electron chi connectivity index (χ2n) is 16.5. The van der Waals surface area contributed by atoms with Gasteiger partial charge in [-0.3, -0.25) is 0 Å². The van der Waals surface area contributed by atoms with Crippen LogP contribution >= 0.6 is 0 Å². The fraction of sp³-hybridized carbons (Fsp3) is 0.769. The van der Waals surface area contributed by atoms with Crippen LogP contribution in [0.3, 0.4) is 0 Å². The van der Waals surface area contributed by atoms with E-state index in [0.717, 1.165) is 35.8 Å². The molecule has 276 valence electrons. The Bertz CT molecular complexity index is 1460. The summed E-state index contributed by atoms with van der Waals surface area (Å²) in [5, 5.41) is 0. The number of ether oxygens (including phenoxy) is 2. The minimum atomic E-state index is -5.43. The van der Waals surface area contributed by atoms with E-state index in [1.54, 1.807) is 11.6 Å². The van der Waals surface area contributed by atoms with Crippen LogP contribution in [0.4, 0.5) is 13.2 Å². The van der Waals surface area contributed by atoms with E-state index in [2.05, 4.69) is 40.7 Å². The summed E-state index contributed by atoms with van der Waals surface area (Å²) in [6, 6.07) is 5.37. The van der Waals surface area contributed by atoms with Crippen LogP contribution in [-0.2, 0) is 24.3 Å². The lowest BCUT2D eigenvalue weighted by Gasteiger charge is -2.56. The smallest absolute Gasteiger partial charge is 0.443 e. The Hall–Kier alpha value is -1.91. The highest BCUT2D eigenvalue weighted by Crippen LogP contribution is 2.65. The predicted octanol–water partition coefficient (Wildman–Crippen LogP) is 9.38. The molecular formula is C39H58F3NO5S. The number of sulfonamides is 1. The molecule has 10 atom stereocenters. The van der Waals surface area contributed by atoms with Crippen LogP contribution in [0.1, 0.15) is 111 Å². The standard InChI is InChI=1S/C39H58F3NO5S/c1-8-47-36(44)38(39(40,41)42,43-49(45,46)30-15-12-25(4)13-16-30)48-29-22-27(6)35-28(23-29)14-17-31-32(35)20-21-37(7)33(18-19-34(31)37)26(5)11-9-10-24(2)3/h12-16,24,26-27,29,31-35,43H,8-11,17-23H2,1-7H3. The lowest BCUT2D eigenvalue weighted by Crippen LogP contribution is -2.67. The molecule has 0 spiro atoms. The van der Waals surface area contributed by atoms with E-state index in [4.69, 9.17) is 9.47 Å². The normalized spacial score (nSPS) is 33.5. The zero-order valence-electron chi connectivity index (χ0n) is 30.4. The molecule has 4 aliphatic carbocycles. The molecule has 6 nitrogen and oxygen atoms in total. The molecule has 3 saturated carbocycles. The van der Waals surface area contributed by atoms with E-state index in [0.29, 0.717) is 29.1 Å². The van der Waals surface area contributed by atoms with Gasteiger partial charge in [0.1, 0.15) is 0 Å². The lowest BCUT2D eigenvalue weighted by molar-refractivity contribution is -0.295. The van der Waals surface area contributed by atoms with Crippen molar-refractivity contribution in [1.29, 1.82) is 0 Å². The van der Waals surface area contributed by atoms with Gasteiger partial charge in [0.25, 0.3) is 0 Å². The van der Waals surface area contributed by atoms with Crippen LogP contribution in [0.15, 0.2) is 40.8 Å². The molecule has 10 unspecified atom stereocenters. The molecule has 49 heavy (non-hydrogen) atoms. The molecule has 4 aliphatic rings. The Labute approximate surface area is 292 Å². The third-order valence-electron chi connectivity index (χ3n) is 12.9. The third-order valence-corrected chi connectivity index (χ3v) is 14.3.